The molecule has 0 aliphatic carbocycles. The summed E-state index contributed by atoms with van der Waals surface area (Å²) in [6, 6.07) is 9.18. The lowest BCUT2D eigenvalue weighted by Gasteiger charge is -2.04. The van der Waals surface area contributed by atoms with Gasteiger partial charge in [-0.1, -0.05) is 55.1 Å². The van der Waals surface area contributed by atoms with E-state index in [-0.39, 0.29) is 0 Å². The molecule has 0 aliphatic heterocycles. The first-order chi connectivity index (χ1) is 9.45. The number of anilines is 1. The van der Waals surface area contributed by atoms with Crippen molar-refractivity contribution in [2.45, 2.75) is 6.92 Å². The Kier molecular flexibility index (Phi) is 5.49. The number of hydrazone groups is 1. The minimum Gasteiger partial charge on any atom is -0.278 e. The summed E-state index contributed by atoms with van der Waals surface area (Å²) in [5.74, 6) is 0. The van der Waals surface area contributed by atoms with Crippen LogP contribution in [-0.2, 0) is 0 Å². The van der Waals surface area contributed by atoms with Crippen molar-refractivity contribution in [2.75, 3.05) is 5.43 Å². The van der Waals surface area contributed by atoms with E-state index >= 15 is 0 Å². The lowest BCUT2D eigenvalue weighted by molar-refractivity contribution is 1.34. The maximum absolute atomic E-state index is 5.92. The Bertz CT molecular complexity index is 629. The predicted molar refractivity (Wildman–Crippen MR) is 94.3 cm³/mol. The minimum absolute atomic E-state index is 0.566. The number of benzene rings is 2. The first-order valence-electron chi connectivity index (χ1n) is 5.66. The van der Waals surface area contributed by atoms with Crippen molar-refractivity contribution >= 4 is 67.0 Å². The molecule has 2 rings (SSSR count). The van der Waals surface area contributed by atoms with E-state index in [1.807, 2.05) is 19.1 Å². The Balaban J connectivity index is 2.14. The first-order valence-corrected chi connectivity index (χ1v) is 8.01. The Labute approximate surface area is 144 Å². The number of nitrogens with one attached hydrogen (secondary N) is 1. The van der Waals surface area contributed by atoms with Gasteiger partial charge in [0.1, 0.15) is 0 Å². The van der Waals surface area contributed by atoms with Crippen LogP contribution in [-0.4, -0.2) is 6.21 Å². The van der Waals surface area contributed by atoms with Crippen molar-refractivity contribution in [3.8, 4) is 0 Å². The SMILES string of the molecule is Cc1c(Br)cc(/C=N/Nc2cc(Cl)cc(Cl)c2)cc1Br. The molecule has 0 spiro atoms. The van der Waals surface area contributed by atoms with Crippen LogP contribution in [0.4, 0.5) is 5.69 Å². The largest absolute Gasteiger partial charge is 0.278 e. The van der Waals surface area contributed by atoms with Crippen LogP contribution in [0.1, 0.15) is 11.1 Å². The van der Waals surface area contributed by atoms with Gasteiger partial charge in [-0.3, -0.25) is 5.43 Å². The Morgan fingerprint density at radius 2 is 1.55 bits per heavy atom. The lowest BCUT2D eigenvalue weighted by Crippen LogP contribution is -1.92. The molecule has 0 aliphatic rings. The number of hydrogen-bond donors (Lipinski definition) is 1. The Hall–Kier alpha value is -0.550. The van der Waals surface area contributed by atoms with Gasteiger partial charge in [-0.2, -0.15) is 5.10 Å². The van der Waals surface area contributed by atoms with Crippen LogP contribution in [0.3, 0.4) is 0 Å². The summed E-state index contributed by atoms with van der Waals surface area (Å²) in [7, 11) is 0. The molecule has 0 unspecified atom stereocenters. The summed E-state index contributed by atoms with van der Waals surface area (Å²) >= 11 is 18.8. The second kappa shape index (κ2) is 6.94. The summed E-state index contributed by atoms with van der Waals surface area (Å²) in [6.07, 6.45) is 1.73. The van der Waals surface area contributed by atoms with E-state index in [9.17, 15) is 0 Å². The molecular formula is C14H10Br2Cl2N2. The highest BCUT2D eigenvalue weighted by Crippen LogP contribution is 2.26. The smallest absolute Gasteiger partial charge is 0.0591 e. The van der Waals surface area contributed by atoms with E-state index in [4.69, 9.17) is 23.2 Å². The molecule has 0 heterocycles. The third-order valence-electron chi connectivity index (χ3n) is 2.57. The number of rotatable bonds is 3. The van der Waals surface area contributed by atoms with Gasteiger partial charge in [0.15, 0.2) is 0 Å². The summed E-state index contributed by atoms with van der Waals surface area (Å²) in [4.78, 5) is 0. The van der Waals surface area contributed by atoms with Crippen molar-refractivity contribution in [3.05, 3.63) is 60.4 Å². The van der Waals surface area contributed by atoms with Crippen LogP contribution < -0.4 is 5.43 Å². The van der Waals surface area contributed by atoms with E-state index in [2.05, 4.69) is 42.4 Å². The minimum atomic E-state index is 0.566. The Morgan fingerprint density at radius 1 is 1.00 bits per heavy atom. The lowest BCUT2D eigenvalue weighted by atomic mass is 10.2. The quantitative estimate of drug-likeness (QED) is 0.445. The molecule has 0 amide bonds. The predicted octanol–water partition coefficient (Wildman–Crippen LogP) is 6.27. The van der Waals surface area contributed by atoms with Crippen LogP contribution >= 0.6 is 55.1 Å². The second-order valence-corrected chi connectivity index (χ2v) is 6.72. The van der Waals surface area contributed by atoms with E-state index in [1.54, 1.807) is 24.4 Å². The second-order valence-electron chi connectivity index (χ2n) is 4.14. The molecule has 0 saturated heterocycles. The summed E-state index contributed by atoms with van der Waals surface area (Å²) in [5.41, 5.74) is 5.76. The fourth-order valence-electron chi connectivity index (χ4n) is 1.54. The fourth-order valence-corrected chi connectivity index (χ4v) is 3.29. The fraction of sp³-hybridized carbons (Fsp3) is 0.0714. The molecule has 6 heteroatoms. The monoisotopic (exact) mass is 434 g/mol. The standard InChI is InChI=1S/C14H10Br2Cl2N2/c1-8-13(15)2-9(3-14(8)16)7-19-20-12-5-10(17)4-11(18)6-12/h2-7,20H,1H3/b19-7+. The van der Waals surface area contributed by atoms with Crippen LogP contribution in [0.2, 0.25) is 10.0 Å². The topological polar surface area (TPSA) is 24.4 Å². The van der Waals surface area contributed by atoms with Crippen molar-refractivity contribution in [3.63, 3.8) is 0 Å². The third-order valence-corrected chi connectivity index (χ3v) is 4.66. The molecule has 0 fully saturated rings. The van der Waals surface area contributed by atoms with Crippen molar-refractivity contribution in [2.24, 2.45) is 5.10 Å². The summed E-state index contributed by atoms with van der Waals surface area (Å²) < 4.78 is 2.05. The van der Waals surface area contributed by atoms with Gasteiger partial charge >= 0.3 is 0 Å². The average Bonchev–Trinajstić information content (AvgIpc) is 2.34. The highest BCUT2D eigenvalue weighted by atomic mass is 79.9. The van der Waals surface area contributed by atoms with Crippen molar-refractivity contribution < 1.29 is 0 Å². The van der Waals surface area contributed by atoms with E-state index in [0.29, 0.717) is 10.0 Å². The van der Waals surface area contributed by atoms with Crippen LogP contribution in [0.15, 0.2) is 44.4 Å². The molecule has 0 bridgehead atoms. The molecular weight excluding hydrogens is 427 g/mol. The number of nitrogens with zero attached hydrogens (tertiary/aromatic N) is 1. The summed E-state index contributed by atoms with van der Waals surface area (Å²) in [5, 5.41) is 5.30. The first kappa shape index (κ1) is 15.8. The summed E-state index contributed by atoms with van der Waals surface area (Å²) in [6.45, 7) is 2.03. The normalized spacial score (nSPS) is 11.1. The van der Waals surface area contributed by atoms with E-state index in [0.717, 1.165) is 25.8 Å². The highest BCUT2D eigenvalue weighted by Gasteiger charge is 2.02. The third kappa shape index (κ3) is 4.22. The number of hydrogen-bond acceptors (Lipinski definition) is 2. The molecule has 2 aromatic rings. The number of halogens is 4. The maximum Gasteiger partial charge on any atom is 0.0591 e. The van der Waals surface area contributed by atoms with Crippen LogP contribution in [0.5, 0.6) is 0 Å². The molecule has 2 aromatic carbocycles. The molecule has 1 N–H and O–H groups in total. The van der Waals surface area contributed by atoms with Crippen LogP contribution in [0.25, 0.3) is 0 Å². The van der Waals surface area contributed by atoms with Crippen molar-refractivity contribution in [1.82, 2.24) is 0 Å². The van der Waals surface area contributed by atoms with Gasteiger partial charge in [0.2, 0.25) is 0 Å². The molecule has 104 valence electrons. The zero-order valence-electron chi connectivity index (χ0n) is 10.4. The van der Waals surface area contributed by atoms with Crippen molar-refractivity contribution in [1.29, 1.82) is 0 Å². The molecule has 0 atom stereocenters. The molecule has 2 nitrogen and oxygen atoms in total. The molecule has 0 saturated carbocycles. The zero-order valence-corrected chi connectivity index (χ0v) is 15.1. The maximum atomic E-state index is 5.92. The van der Waals surface area contributed by atoms with Crippen LogP contribution in [0, 0.1) is 6.92 Å². The van der Waals surface area contributed by atoms with Gasteiger partial charge in [0.25, 0.3) is 0 Å². The highest BCUT2D eigenvalue weighted by molar-refractivity contribution is 9.11. The van der Waals surface area contributed by atoms with Gasteiger partial charge in [-0.15, -0.1) is 0 Å². The van der Waals surface area contributed by atoms with Gasteiger partial charge in [0.05, 0.1) is 11.9 Å². The molecule has 0 radical (unpaired) electrons. The van der Waals surface area contributed by atoms with E-state index in [1.165, 1.54) is 0 Å². The molecule has 20 heavy (non-hydrogen) atoms. The zero-order chi connectivity index (χ0) is 14.7. The molecule has 0 aromatic heterocycles. The van der Waals surface area contributed by atoms with Gasteiger partial charge in [-0.25, -0.2) is 0 Å². The van der Waals surface area contributed by atoms with Gasteiger partial charge in [-0.05, 0) is 48.4 Å². The van der Waals surface area contributed by atoms with Gasteiger partial charge in [0, 0.05) is 19.0 Å². The van der Waals surface area contributed by atoms with E-state index < -0.39 is 0 Å². The Morgan fingerprint density at radius 3 is 2.10 bits per heavy atom. The average molecular weight is 437 g/mol. The van der Waals surface area contributed by atoms with Gasteiger partial charge < -0.3 is 0 Å².